The predicted octanol–water partition coefficient (Wildman–Crippen LogP) is 2.45. The Balaban J connectivity index is 2.90. The highest BCUT2D eigenvalue weighted by Crippen LogP contribution is 2.26. The fourth-order valence-electron chi connectivity index (χ4n) is 1.73. The quantitative estimate of drug-likeness (QED) is 0.614. The number of halogens is 1. The average molecular weight is 240 g/mol. The molecule has 96 valence electrons. The van der Waals surface area contributed by atoms with Gasteiger partial charge in [-0.1, -0.05) is 12.1 Å². The number of aryl methyl sites for hydroxylation is 1. The number of nitrogens with one attached hydrogen (secondary N) is 1. The van der Waals surface area contributed by atoms with Crippen LogP contribution >= 0.6 is 0 Å². The van der Waals surface area contributed by atoms with Crippen LogP contribution in [-0.4, -0.2) is 12.7 Å². The van der Waals surface area contributed by atoms with Crippen molar-refractivity contribution in [3.63, 3.8) is 0 Å². The van der Waals surface area contributed by atoms with Crippen LogP contribution in [0.5, 0.6) is 0 Å². The Morgan fingerprint density at radius 3 is 2.59 bits per heavy atom. The maximum Gasteiger partial charge on any atom is 0.126 e. The molecule has 0 spiro atoms. The number of hydrazine groups is 1. The molecule has 0 bridgehead atoms. The second kappa shape index (κ2) is 5.58. The Hall–Kier alpha value is -0.970. The summed E-state index contributed by atoms with van der Waals surface area (Å²) in [7, 11) is 1.67. The lowest BCUT2D eigenvalue weighted by Crippen LogP contribution is -2.35. The van der Waals surface area contributed by atoms with Gasteiger partial charge in [-0.3, -0.25) is 11.3 Å². The number of nitrogens with two attached hydrogens (primary N) is 1. The molecule has 0 saturated carbocycles. The zero-order chi connectivity index (χ0) is 13.1. The van der Waals surface area contributed by atoms with E-state index < -0.39 is 0 Å². The van der Waals surface area contributed by atoms with Gasteiger partial charge in [-0.05, 0) is 44.4 Å². The highest BCUT2D eigenvalue weighted by atomic mass is 19.1. The molecule has 1 aromatic rings. The van der Waals surface area contributed by atoms with Crippen molar-refractivity contribution < 1.29 is 9.13 Å². The monoisotopic (exact) mass is 240 g/mol. The van der Waals surface area contributed by atoms with Crippen molar-refractivity contribution in [2.45, 2.75) is 38.8 Å². The molecule has 17 heavy (non-hydrogen) atoms. The van der Waals surface area contributed by atoms with Crippen molar-refractivity contribution in [1.82, 2.24) is 5.43 Å². The van der Waals surface area contributed by atoms with Gasteiger partial charge < -0.3 is 4.74 Å². The van der Waals surface area contributed by atoms with Crippen molar-refractivity contribution in [3.05, 3.63) is 35.1 Å². The van der Waals surface area contributed by atoms with Gasteiger partial charge in [0, 0.05) is 13.2 Å². The van der Waals surface area contributed by atoms with Gasteiger partial charge in [0.1, 0.15) is 5.82 Å². The molecule has 0 radical (unpaired) electrons. The number of hydrogen-bond donors (Lipinski definition) is 2. The molecule has 1 rings (SSSR count). The van der Waals surface area contributed by atoms with Crippen LogP contribution in [0.1, 0.15) is 37.4 Å². The van der Waals surface area contributed by atoms with E-state index in [4.69, 9.17) is 10.6 Å². The van der Waals surface area contributed by atoms with Crippen LogP contribution in [0, 0.1) is 12.7 Å². The summed E-state index contributed by atoms with van der Waals surface area (Å²) in [6.45, 7) is 5.73. The summed E-state index contributed by atoms with van der Waals surface area (Å²) in [4.78, 5) is 0. The van der Waals surface area contributed by atoms with Gasteiger partial charge in [-0.15, -0.1) is 0 Å². The first-order valence-corrected chi connectivity index (χ1v) is 5.67. The van der Waals surface area contributed by atoms with E-state index in [1.807, 2.05) is 19.9 Å². The molecule has 1 aromatic carbocycles. The lowest BCUT2D eigenvalue weighted by atomic mass is 9.93. The van der Waals surface area contributed by atoms with Crippen LogP contribution in [0.25, 0.3) is 0 Å². The van der Waals surface area contributed by atoms with Crippen molar-refractivity contribution in [2.75, 3.05) is 7.11 Å². The minimum absolute atomic E-state index is 0.0516. The second-order valence-electron chi connectivity index (χ2n) is 4.90. The van der Waals surface area contributed by atoms with Gasteiger partial charge in [0.25, 0.3) is 0 Å². The van der Waals surface area contributed by atoms with Crippen molar-refractivity contribution in [2.24, 2.45) is 5.84 Å². The smallest absolute Gasteiger partial charge is 0.126 e. The van der Waals surface area contributed by atoms with E-state index in [0.29, 0.717) is 12.0 Å². The summed E-state index contributed by atoms with van der Waals surface area (Å²) in [6, 6.07) is 4.98. The number of ether oxygens (including phenoxy) is 1. The van der Waals surface area contributed by atoms with Gasteiger partial charge in [0.15, 0.2) is 0 Å². The average Bonchev–Trinajstić information content (AvgIpc) is 2.30. The number of methoxy groups -OCH3 is 1. The SMILES string of the molecule is COC(C)(C)CC(NN)c1ccc(F)c(C)c1. The van der Waals surface area contributed by atoms with E-state index in [9.17, 15) is 4.39 Å². The largest absolute Gasteiger partial charge is 0.379 e. The molecule has 0 heterocycles. The van der Waals surface area contributed by atoms with E-state index in [0.717, 1.165) is 5.56 Å². The molecule has 0 saturated heterocycles. The standard InChI is InChI=1S/C13H21FN2O/c1-9-7-10(5-6-11(9)14)12(16-15)8-13(2,3)17-4/h5-7,12,16H,8,15H2,1-4H3. The van der Waals surface area contributed by atoms with Gasteiger partial charge in [0.05, 0.1) is 5.60 Å². The zero-order valence-electron chi connectivity index (χ0n) is 10.9. The van der Waals surface area contributed by atoms with Crippen molar-refractivity contribution in [3.8, 4) is 0 Å². The molecule has 0 fully saturated rings. The van der Waals surface area contributed by atoms with E-state index >= 15 is 0 Å². The van der Waals surface area contributed by atoms with Crippen LogP contribution in [0.2, 0.25) is 0 Å². The molecule has 0 aliphatic carbocycles. The highest BCUT2D eigenvalue weighted by Gasteiger charge is 2.23. The third-order valence-electron chi connectivity index (χ3n) is 3.03. The van der Waals surface area contributed by atoms with E-state index in [1.165, 1.54) is 6.07 Å². The molecule has 3 nitrogen and oxygen atoms in total. The topological polar surface area (TPSA) is 47.3 Å². The Bertz CT molecular complexity index is 380. The fraction of sp³-hybridized carbons (Fsp3) is 0.538. The van der Waals surface area contributed by atoms with Crippen molar-refractivity contribution >= 4 is 0 Å². The Morgan fingerprint density at radius 1 is 1.47 bits per heavy atom. The van der Waals surface area contributed by atoms with Crippen molar-refractivity contribution in [1.29, 1.82) is 0 Å². The number of hydrogen-bond acceptors (Lipinski definition) is 3. The van der Waals surface area contributed by atoms with Gasteiger partial charge in [0.2, 0.25) is 0 Å². The molecular formula is C13H21FN2O. The van der Waals surface area contributed by atoms with Crippen LogP contribution in [0.4, 0.5) is 4.39 Å². The minimum atomic E-state index is -0.278. The molecule has 0 amide bonds. The first-order valence-electron chi connectivity index (χ1n) is 5.67. The van der Waals surface area contributed by atoms with Gasteiger partial charge in [-0.25, -0.2) is 4.39 Å². The molecule has 1 unspecified atom stereocenters. The minimum Gasteiger partial charge on any atom is -0.379 e. The first-order chi connectivity index (χ1) is 7.89. The van der Waals surface area contributed by atoms with E-state index in [2.05, 4.69) is 5.43 Å². The summed E-state index contributed by atoms with van der Waals surface area (Å²) in [5.41, 5.74) is 4.07. The molecule has 1 atom stereocenters. The van der Waals surface area contributed by atoms with Crippen LogP contribution in [0.3, 0.4) is 0 Å². The first kappa shape index (κ1) is 14.1. The highest BCUT2D eigenvalue weighted by molar-refractivity contribution is 5.26. The Morgan fingerprint density at radius 2 is 2.12 bits per heavy atom. The van der Waals surface area contributed by atoms with Crippen LogP contribution in [0.15, 0.2) is 18.2 Å². The maximum absolute atomic E-state index is 13.2. The normalized spacial score (nSPS) is 13.8. The lowest BCUT2D eigenvalue weighted by Gasteiger charge is -2.28. The summed E-state index contributed by atoms with van der Waals surface area (Å²) in [5.74, 6) is 5.36. The molecule has 4 heteroatoms. The molecule has 0 aliphatic heterocycles. The van der Waals surface area contributed by atoms with E-state index in [-0.39, 0.29) is 17.5 Å². The molecular weight excluding hydrogens is 219 g/mol. The van der Waals surface area contributed by atoms with Gasteiger partial charge >= 0.3 is 0 Å². The molecule has 0 aromatic heterocycles. The maximum atomic E-state index is 13.2. The summed E-state index contributed by atoms with van der Waals surface area (Å²) < 4.78 is 18.6. The Labute approximate surface area is 102 Å². The lowest BCUT2D eigenvalue weighted by molar-refractivity contribution is 0.00680. The zero-order valence-corrected chi connectivity index (χ0v) is 10.9. The summed E-state index contributed by atoms with van der Waals surface area (Å²) in [6.07, 6.45) is 0.713. The second-order valence-corrected chi connectivity index (χ2v) is 4.90. The van der Waals surface area contributed by atoms with Crippen LogP contribution < -0.4 is 11.3 Å². The van der Waals surface area contributed by atoms with E-state index in [1.54, 1.807) is 20.1 Å². The third kappa shape index (κ3) is 3.77. The summed E-state index contributed by atoms with van der Waals surface area (Å²) in [5, 5.41) is 0. The third-order valence-corrected chi connectivity index (χ3v) is 3.03. The number of rotatable bonds is 5. The summed E-state index contributed by atoms with van der Waals surface area (Å²) >= 11 is 0. The predicted molar refractivity (Wildman–Crippen MR) is 66.9 cm³/mol. The molecule has 0 aliphatic rings. The van der Waals surface area contributed by atoms with Gasteiger partial charge in [-0.2, -0.15) is 0 Å². The fourth-order valence-corrected chi connectivity index (χ4v) is 1.73. The van der Waals surface area contributed by atoms with Crippen LogP contribution in [-0.2, 0) is 4.74 Å². The Kier molecular flexibility index (Phi) is 4.62. The molecule has 3 N–H and O–H groups in total. The number of benzene rings is 1.